The van der Waals surface area contributed by atoms with Crippen LogP contribution in [0.3, 0.4) is 0 Å². The van der Waals surface area contributed by atoms with Crippen LogP contribution in [-0.4, -0.2) is 38.4 Å². The lowest BCUT2D eigenvalue weighted by Gasteiger charge is -2.18. The SMILES string of the molecule is c1cc2cn[nH]c2cc1-c1cn(-c2ccc3c(c2)OCCO3)nn1. The van der Waals surface area contributed by atoms with E-state index in [1.54, 1.807) is 10.9 Å². The molecule has 4 aromatic rings. The van der Waals surface area contributed by atoms with Gasteiger partial charge in [0.25, 0.3) is 0 Å². The van der Waals surface area contributed by atoms with Gasteiger partial charge in [0.15, 0.2) is 11.5 Å². The van der Waals surface area contributed by atoms with Gasteiger partial charge in [-0.1, -0.05) is 17.3 Å². The molecule has 0 spiro atoms. The van der Waals surface area contributed by atoms with Crippen molar-refractivity contribution < 1.29 is 9.47 Å². The Labute approximate surface area is 136 Å². The highest BCUT2D eigenvalue weighted by atomic mass is 16.6. The number of fused-ring (bicyclic) bond motifs is 2. The number of rotatable bonds is 2. The van der Waals surface area contributed by atoms with Crippen LogP contribution in [0.25, 0.3) is 27.8 Å². The van der Waals surface area contributed by atoms with E-state index in [2.05, 4.69) is 20.5 Å². The Morgan fingerprint density at radius 1 is 1.00 bits per heavy atom. The summed E-state index contributed by atoms with van der Waals surface area (Å²) in [6.45, 7) is 1.14. The van der Waals surface area contributed by atoms with Gasteiger partial charge in [-0.2, -0.15) is 5.10 Å². The van der Waals surface area contributed by atoms with Crippen LogP contribution in [0, 0.1) is 0 Å². The van der Waals surface area contributed by atoms with Gasteiger partial charge in [0.2, 0.25) is 0 Å². The molecular weight excluding hydrogens is 306 g/mol. The maximum absolute atomic E-state index is 5.62. The largest absolute Gasteiger partial charge is 0.486 e. The first-order valence-corrected chi connectivity index (χ1v) is 7.63. The summed E-state index contributed by atoms with van der Waals surface area (Å²) >= 11 is 0. The third-order valence-electron chi connectivity index (χ3n) is 4.02. The van der Waals surface area contributed by atoms with E-state index in [1.807, 2.05) is 42.6 Å². The lowest BCUT2D eigenvalue weighted by molar-refractivity contribution is 0.171. The van der Waals surface area contributed by atoms with Crippen molar-refractivity contribution in [2.45, 2.75) is 0 Å². The molecule has 1 N–H and O–H groups in total. The molecule has 0 bridgehead atoms. The maximum atomic E-state index is 5.62. The molecule has 3 heterocycles. The average Bonchev–Trinajstić information content (AvgIpc) is 3.30. The monoisotopic (exact) mass is 319 g/mol. The molecule has 0 saturated carbocycles. The van der Waals surface area contributed by atoms with Gasteiger partial charge in [0, 0.05) is 17.0 Å². The second-order valence-corrected chi connectivity index (χ2v) is 5.55. The zero-order valence-electron chi connectivity index (χ0n) is 12.6. The van der Waals surface area contributed by atoms with Gasteiger partial charge in [-0.05, 0) is 18.2 Å². The number of hydrogen-bond donors (Lipinski definition) is 1. The molecule has 7 heteroatoms. The van der Waals surface area contributed by atoms with Crippen molar-refractivity contribution in [3.8, 4) is 28.4 Å². The molecule has 0 fully saturated rings. The predicted octanol–water partition coefficient (Wildman–Crippen LogP) is 2.58. The summed E-state index contributed by atoms with van der Waals surface area (Å²) in [5.74, 6) is 1.49. The molecule has 1 aliphatic rings. The van der Waals surface area contributed by atoms with Crippen LogP contribution < -0.4 is 9.47 Å². The molecule has 0 radical (unpaired) electrons. The zero-order valence-corrected chi connectivity index (χ0v) is 12.6. The summed E-state index contributed by atoms with van der Waals surface area (Å²) < 4.78 is 12.9. The number of ether oxygens (including phenoxy) is 2. The Bertz CT molecular complexity index is 1040. The molecule has 0 atom stereocenters. The quantitative estimate of drug-likeness (QED) is 0.614. The Balaban J connectivity index is 1.52. The molecule has 0 amide bonds. The lowest BCUT2D eigenvalue weighted by atomic mass is 10.1. The molecule has 7 nitrogen and oxygen atoms in total. The topological polar surface area (TPSA) is 77.9 Å². The van der Waals surface area contributed by atoms with Gasteiger partial charge in [-0.3, -0.25) is 5.10 Å². The van der Waals surface area contributed by atoms with Crippen LogP contribution in [0.5, 0.6) is 11.5 Å². The fourth-order valence-corrected chi connectivity index (χ4v) is 2.79. The highest BCUT2D eigenvalue weighted by Crippen LogP contribution is 2.32. The van der Waals surface area contributed by atoms with Gasteiger partial charge >= 0.3 is 0 Å². The smallest absolute Gasteiger partial charge is 0.163 e. The number of nitrogens with zero attached hydrogens (tertiary/aromatic N) is 4. The number of H-pyrrole nitrogens is 1. The summed E-state index contributed by atoms with van der Waals surface area (Å²) in [6.07, 6.45) is 3.69. The van der Waals surface area contributed by atoms with Crippen molar-refractivity contribution in [1.29, 1.82) is 0 Å². The first-order chi connectivity index (χ1) is 11.9. The number of benzene rings is 2. The fourth-order valence-electron chi connectivity index (χ4n) is 2.79. The van der Waals surface area contributed by atoms with Gasteiger partial charge in [0.05, 0.1) is 23.6 Å². The molecule has 0 saturated heterocycles. The molecule has 0 unspecified atom stereocenters. The van der Waals surface area contributed by atoms with Gasteiger partial charge in [-0.25, -0.2) is 4.68 Å². The first-order valence-electron chi connectivity index (χ1n) is 7.63. The summed E-state index contributed by atoms with van der Waals surface area (Å²) in [5, 5.41) is 16.6. The fraction of sp³-hybridized carbons (Fsp3) is 0.118. The molecule has 118 valence electrons. The van der Waals surface area contributed by atoms with Crippen molar-refractivity contribution in [2.24, 2.45) is 0 Å². The van der Waals surface area contributed by atoms with E-state index in [-0.39, 0.29) is 0 Å². The average molecular weight is 319 g/mol. The molecule has 2 aromatic heterocycles. The number of hydrogen-bond acceptors (Lipinski definition) is 5. The highest BCUT2D eigenvalue weighted by Gasteiger charge is 2.13. The van der Waals surface area contributed by atoms with Crippen LogP contribution in [0.15, 0.2) is 48.8 Å². The minimum atomic E-state index is 0.559. The van der Waals surface area contributed by atoms with Crippen molar-refractivity contribution in [3.05, 3.63) is 48.8 Å². The minimum absolute atomic E-state index is 0.559. The second-order valence-electron chi connectivity index (χ2n) is 5.55. The zero-order chi connectivity index (χ0) is 15.9. The predicted molar refractivity (Wildman–Crippen MR) is 87.4 cm³/mol. The van der Waals surface area contributed by atoms with Crippen LogP contribution >= 0.6 is 0 Å². The second kappa shape index (κ2) is 5.09. The molecular formula is C17H13N5O2. The van der Waals surface area contributed by atoms with Crippen LogP contribution in [0.2, 0.25) is 0 Å². The van der Waals surface area contributed by atoms with Crippen molar-refractivity contribution >= 4 is 10.9 Å². The van der Waals surface area contributed by atoms with E-state index in [0.29, 0.717) is 13.2 Å². The van der Waals surface area contributed by atoms with Crippen molar-refractivity contribution in [1.82, 2.24) is 25.2 Å². The summed E-state index contributed by atoms with van der Waals surface area (Å²) in [5.41, 5.74) is 3.62. The Kier molecular flexibility index (Phi) is 2.78. The minimum Gasteiger partial charge on any atom is -0.486 e. The lowest BCUT2D eigenvalue weighted by Crippen LogP contribution is -2.15. The summed E-state index contributed by atoms with van der Waals surface area (Å²) in [4.78, 5) is 0. The van der Waals surface area contributed by atoms with E-state index in [0.717, 1.165) is 39.3 Å². The molecule has 24 heavy (non-hydrogen) atoms. The number of aromatic amines is 1. The molecule has 2 aromatic carbocycles. The maximum Gasteiger partial charge on any atom is 0.163 e. The van der Waals surface area contributed by atoms with E-state index in [9.17, 15) is 0 Å². The van der Waals surface area contributed by atoms with E-state index >= 15 is 0 Å². The standard InChI is InChI=1S/C17H13N5O2/c1-2-12-9-18-19-14(12)7-11(1)15-10-22(21-20-15)13-3-4-16-17(8-13)24-6-5-23-16/h1-4,7-10H,5-6H2,(H,18,19). The Hall–Kier alpha value is -3.35. The van der Waals surface area contributed by atoms with Gasteiger partial charge in [0.1, 0.15) is 18.9 Å². The van der Waals surface area contributed by atoms with Crippen molar-refractivity contribution in [3.63, 3.8) is 0 Å². The molecule has 0 aliphatic carbocycles. The Morgan fingerprint density at radius 2 is 1.92 bits per heavy atom. The third kappa shape index (κ3) is 2.10. The van der Waals surface area contributed by atoms with E-state index in [4.69, 9.17) is 9.47 Å². The van der Waals surface area contributed by atoms with Crippen LogP contribution in [0.1, 0.15) is 0 Å². The van der Waals surface area contributed by atoms with E-state index < -0.39 is 0 Å². The molecule has 5 rings (SSSR count). The molecule has 1 aliphatic heterocycles. The van der Waals surface area contributed by atoms with Crippen LogP contribution in [-0.2, 0) is 0 Å². The number of aromatic nitrogens is 5. The van der Waals surface area contributed by atoms with Gasteiger partial charge < -0.3 is 9.47 Å². The third-order valence-corrected chi connectivity index (χ3v) is 4.02. The summed E-state index contributed by atoms with van der Waals surface area (Å²) in [6, 6.07) is 11.8. The van der Waals surface area contributed by atoms with E-state index in [1.165, 1.54) is 0 Å². The van der Waals surface area contributed by atoms with Crippen molar-refractivity contribution in [2.75, 3.05) is 13.2 Å². The first kappa shape index (κ1) is 13.1. The number of nitrogens with one attached hydrogen (secondary N) is 1. The van der Waals surface area contributed by atoms with Gasteiger partial charge in [-0.15, -0.1) is 5.10 Å². The Morgan fingerprint density at radius 3 is 2.88 bits per heavy atom. The summed E-state index contributed by atoms with van der Waals surface area (Å²) in [7, 11) is 0. The van der Waals surface area contributed by atoms with Crippen LogP contribution in [0.4, 0.5) is 0 Å². The highest BCUT2D eigenvalue weighted by molar-refractivity contribution is 5.82. The normalized spacial score (nSPS) is 13.3.